The van der Waals surface area contributed by atoms with Crippen molar-refractivity contribution in [3.8, 4) is 0 Å². The zero-order chi connectivity index (χ0) is 16.5. The summed E-state index contributed by atoms with van der Waals surface area (Å²) >= 11 is 2.85. The molecule has 1 amide bonds. The number of carbonyl (C=O) groups excluding carboxylic acids is 1. The maximum absolute atomic E-state index is 12.4. The fourth-order valence-electron chi connectivity index (χ4n) is 1.91. The van der Waals surface area contributed by atoms with Gasteiger partial charge in [-0.15, -0.1) is 10.2 Å². The van der Waals surface area contributed by atoms with Crippen LogP contribution >= 0.6 is 23.1 Å². The molecule has 0 unspecified atom stereocenters. The van der Waals surface area contributed by atoms with Crippen molar-refractivity contribution in [3.05, 3.63) is 30.3 Å². The summed E-state index contributed by atoms with van der Waals surface area (Å²) in [6, 6.07) is 9.68. The van der Waals surface area contributed by atoms with E-state index in [-0.39, 0.29) is 5.91 Å². The number of aromatic nitrogens is 2. The largest absolute Gasteiger partial charge is 0.383 e. The second kappa shape index (κ2) is 9.49. The van der Waals surface area contributed by atoms with Crippen LogP contribution in [0.1, 0.15) is 6.92 Å². The molecule has 2 aromatic rings. The molecule has 0 aliphatic rings. The van der Waals surface area contributed by atoms with Gasteiger partial charge in [-0.05, 0) is 19.1 Å². The number of para-hydroxylation sites is 1. The number of hydrogen-bond donors (Lipinski definition) is 1. The predicted molar refractivity (Wildman–Crippen MR) is 95.5 cm³/mol. The van der Waals surface area contributed by atoms with Gasteiger partial charge in [-0.1, -0.05) is 41.3 Å². The van der Waals surface area contributed by atoms with E-state index < -0.39 is 0 Å². The minimum atomic E-state index is 0.0628. The molecule has 0 saturated carbocycles. The molecule has 2 rings (SSSR count). The van der Waals surface area contributed by atoms with Gasteiger partial charge in [0.25, 0.3) is 0 Å². The number of nitrogens with one attached hydrogen (secondary N) is 1. The molecule has 0 atom stereocenters. The van der Waals surface area contributed by atoms with Gasteiger partial charge in [-0.3, -0.25) is 4.79 Å². The van der Waals surface area contributed by atoms with Gasteiger partial charge in [0, 0.05) is 25.9 Å². The number of thioether (sulfide) groups is 1. The Bertz CT molecular complexity index is 607. The number of carbonyl (C=O) groups is 1. The molecule has 0 aliphatic heterocycles. The van der Waals surface area contributed by atoms with Crippen LogP contribution in [0.4, 0.5) is 10.8 Å². The molecule has 0 saturated heterocycles. The van der Waals surface area contributed by atoms with Crippen LogP contribution in [0.15, 0.2) is 34.7 Å². The van der Waals surface area contributed by atoms with Crippen molar-refractivity contribution in [2.75, 3.05) is 42.8 Å². The highest BCUT2D eigenvalue weighted by atomic mass is 32.2. The maximum Gasteiger partial charge on any atom is 0.237 e. The molecule has 1 heterocycles. The summed E-state index contributed by atoms with van der Waals surface area (Å²) < 4.78 is 5.75. The standard InChI is InChI=1S/C15H20N4O2S2/c1-3-19(12-7-5-4-6-8-12)13(20)11-22-15-18-17-14(23-15)16-9-10-21-2/h4-8H,3,9-11H2,1-2H3,(H,16,17). The quantitative estimate of drug-likeness (QED) is 0.553. The summed E-state index contributed by atoms with van der Waals surface area (Å²) in [5.41, 5.74) is 0.916. The lowest BCUT2D eigenvalue weighted by Gasteiger charge is -2.20. The molecule has 6 nitrogen and oxygen atoms in total. The Labute approximate surface area is 144 Å². The SMILES string of the molecule is CCN(C(=O)CSc1nnc(NCCOC)s1)c1ccccc1. The molecular formula is C15H20N4O2S2. The first-order valence-electron chi connectivity index (χ1n) is 7.29. The van der Waals surface area contributed by atoms with Crippen LogP contribution in [0.2, 0.25) is 0 Å². The summed E-state index contributed by atoms with van der Waals surface area (Å²) in [5, 5.41) is 12.0. The molecule has 23 heavy (non-hydrogen) atoms. The van der Waals surface area contributed by atoms with Crippen LogP contribution < -0.4 is 10.2 Å². The first kappa shape index (κ1) is 17.7. The van der Waals surface area contributed by atoms with Crippen LogP contribution in [0.25, 0.3) is 0 Å². The van der Waals surface area contributed by atoms with E-state index in [1.807, 2.05) is 37.3 Å². The predicted octanol–water partition coefficient (Wildman–Crippen LogP) is 2.74. The van der Waals surface area contributed by atoms with Gasteiger partial charge in [0.05, 0.1) is 12.4 Å². The second-order valence-corrected chi connectivity index (χ2v) is 6.75. The van der Waals surface area contributed by atoms with Crippen LogP contribution in [-0.4, -0.2) is 48.7 Å². The number of hydrogen-bond acceptors (Lipinski definition) is 7. The van der Waals surface area contributed by atoms with E-state index in [1.54, 1.807) is 12.0 Å². The van der Waals surface area contributed by atoms with Gasteiger partial charge in [-0.2, -0.15) is 0 Å². The van der Waals surface area contributed by atoms with E-state index in [2.05, 4.69) is 15.5 Å². The average molecular weight is 352 g/mol. The highest BCUT2D eigenvalue weighted by molar-refractivity contribution is 8.01. The molecule has 1 N–H and O–H groups in total. The Kier molecular flexibility index (Phi) is 7.31. The lowest BCUT2D eigenvalue weighted by atomic mass is 10.3. The average Bonchev–Trinajstić information content (AvgIpc) is 3.03. The fraction of sp³-hybridized carbons (Fsp3) is 0.400. The van der Waals surface area contributed by atoms with E-state index in [1.165, 1.54) is 23.1 Å². The summed E-state index contributed by atoms with van der Waals surface area (Å²) in [7, 11) is 1.65. The topological polar surface area (TPSA) is 67.4 Å². The minimum absolute atomic E-state index is 0.0628. The summed E-state index contributed by atoms with van der Waals surface area (Å²) in [5.74, 6) is 0.405. The monoisotopic (exact) mass is 352 g/mol. The number of amides is 1. The maximum atomic E-state index is 12.4. The number of anilines is 2. The van der Waals surface area contributed by atoms with Crippen LogP contribution in [0, 0.1) is 0 Å². The Morgan fingerprint density at radius 2 is 2.13 bits per heavy atom. The first-order valence-corrected chi connectivity index (χ1v) is 9.09. The third-order valence-electron chi connectivity index (χ3n) is 2.99. The lowest BCUT2D eigenvalue weighted by molar-refractivity contribution is -0.116. The first-order chi connectivity index (χ1) is 11.2. The highest BCUT2D eigenvalue weighted by Crippen LogP contribution is 2.26. The van der Waals surface area contributed by atoms with E-state index in [0.29, 0.717) is 25.4 Å². The van der Waals surface area contributed by atoms with Crippen LogP contribution in [-0.2, 0) is 9.53 Å². The van der Waals surface area contributed by atoms with Gasteiger partial charge < -0.3 is 15.0 Å². The fourth-order valence-corrected chi connectivity index (χ4v) is 3.57. The van der Waals surface area contributed by atoms with Crippen LogP contribution in [0.3, 0.4) is 0 Å². The van der Waals surface area contributed by atoms with Gasteiger partial charge >= 0.3 is 0 Å². The molecule has 1 aromatic heterocycles. The third kappa shape index (κ3) is 5.49. The van der Waals surface area contributed by atoms with Crippen molar-refractivity contribution in [1.29, 1.82) is 0 Å². The molecule has 8 heteroatoms. The zero-order valence-electron chi connectivity index (χ0n) is 13.2. The van der Waals surface area contributed by atoms with E-state index >= 15 is 0 Å². The summed E-state index contributed by atoms with van der Waals surface area (Å²) in [6.07, 6.45) is 0. The number of ether oxygens (including phenoxy) is 1. The lowest BCUT2D eigenvalue weighted by Crippen LogP contribution is -2.32. The van der Waals surface area contributed by atoms with Crippen molar-refractivity contribution in [2.45, 2.75) is 11.3 Å². The Morgan fingerprint density at radius 1 is 1.35 bits per heavy atom. The van der Waals surface area contributed by atoms with Crippen molar-refractivity contribution in [2.24, 2.45) is 0 Å². The Hall–Kier alpha value is -1.64. The summed E-state index contributed by atoms with van der Waals surface area (Å²) in [4.78, 5) is 14.2. The van der Waals surface area contributed by atoms with Crippen LogP contribution in [0.5, 0.6) is 0 Å². The molecule has 0 radical (unpaired) electrons. The Balaban J connectivity index is 1.86. The molecule has 0 fully saturated rings. The molecule has 1 aromatic carbocycles. The number of nitrogens with zero attached hydrogens (tertiary/aromatic N) is 3. The smallest absolute Gasteiger partial charge is 0.237 e. The molecule has 124 valence electrons. The Morgan fingerprint density at radius 3 is 2.83 bits per heavy atom. The van der Waals surface area contributed by atoms with Crippen molar-refractivity contribution in [3.63, 3.8) is 0 Å². The zero-order valence-corrected chi connectivity index (χ0v) is 14.8. The van der Waals surface area contributed by atoms with Gasteiger partial charge in [0.1, 0.15) is 0 Å². The van der Waals surface area contributed by atoms with Gasteiger partial charge in [-0.25, -0.2) is 0 Å². The molecular weight excluding hydrogens is 332 g/mol. The van der Waals surface area contributed by atoms with E-state index in [9.17, 15) is 4.79 Å². The normalized spacial score (nSPS) is 10.5. The third-order valence-corrected chi connectivity index (χ3v) is 4.99. The molecule has 0 spiro atoms. The van der Waals surface area contributed by atoms with Gasteiger partial charge in [0.2, 0.25) is 11.0 Å². The van der Waals surface area contributed by atoms with Crippen molar-refractivity contribution in [1.82, 2.24) is 10.2 Å². The van der Waals surface area contributed by atoms with E-state index in [4.69, 9.17) is 4.74 Å². The minimum Gasteiger partial charge on any atom is -0.383 e. The van der Waals surface area contributed by atoms with Gasteiger partial charge in [0.15, 0.2) is 4.34 Å². The molecule has 0 aliphatic carbocycles. The van der Waals surface area contributed by atoms with Crippen molar-refractivity contribution < 1.29 is 9.53 Å². The number of benzene rings is 1. The second-order valence-electron chi connectivity index (χ2n) is 4.55. The molecule has 0 bridgehead atoms. The summed E-state index contributed by atoms with van der Waals surface area (Å²) in [6.45, 7) is 3.91. The number of rotatable bonds is 9. The number of methoxy groups -OCH3 is 1. The highest BCUT2D eigenvalue weighted by Gasteiger charge is 2.15. The van der Waals surface area contributed by atoms with Crippen molar-refractivity contribution >= 4 is 39.8 Å². The van der Waals surface area contributed by atoms with E-state index in [0.717, 1.165) is 15.2 Å².